The zero-order valence-corrected chi connectivity index (χ0v) is 11.3. The molecule has 2 aromatic rings. The van der Waals surface area contributed by atoms with Crippen LogP contribution in [0.25, 0.3) is 0 Å². The molecule has 0 unspecified atom stereocenters. The van der Waals surface area contributed by atoms with Gasteiger partial charge in [0.1, 0.15) is 11.7 Å². The van der Waals surface area contributed by atoms with Crippen molar-refractivity contribution in [2.75, 3.05) is 5.32 Å². The highest BCUT2D eigenvalue weighted by Crippen LogP contribution is 2.01. The first-order valence-electron chi connectivity index (χ1n) is 6.34. The Kier molecular flexibility index (Phi) is 5.17. The van der Waals surface area contributed by atoms with Crippen LogP contribution in [0.3, 0.4) is 0 Å². The van der Waals surface area contributed by atoms with Crippen LogP contribution in [0.4, 0.5) is 5.82 Å². The van der Waals surface area contributed by atoms with Gasteiger partial charge >= 0.3 is 0 Å². The van der Waals surface area contributed by atoms with Crippen LogP contribution in [0, 0.1) is 0 Å². The minimum absolute atomic E-state index is 0.132. The van der Waals surface area contributed by atoms with E-state index in [-0.39, 0.29) is 18.2 Å². The van der Waals surface area contributed by atoms with Gasteiger partial charge in [0.2, 0.25) is 0 Å². The summed E-state index contributed by atoms with van der Waals surface area (Å²) in [6, 6.07) is 9.39. The van der Waals surface area contributed by atoms with Crippen molar-refractivity contribution in [1.82, 2.24) is 9.97 Å². The van der Waals surface area contributed by atoms with Crippen LogP contribution >= 0.6 is 0 Å². The molecule has 0 aliphatic carbocycles. The third kappa shape index (κ3) is 5.23. The minimum Gasteiger partial charge on any atom is -0.384 e. The Hall–Kier alpha value is -3.02. The molecule has 0 fully saturated rings. The van der Waals surface area contributed by atoms with Crippen molar-refractivity contribution in [1.29, 1.82) is 0 Å². The van der Waals surface area contributed by atoms with Crippen LogP contribution in [-0.4, -0.2) is 21.7 Å². The van der Waals surface area contributed by atoms with Gasteiger partial charge in [-0.15, -0.1) is 0 Å². The van der Waals surface area contributed by atoms with Crippen LogP contribution in [0.5, 0.6) is 0 Å². The molecule has 6 nitrogen and oxygen atoms in total. The first-order valence-corrected chi connectivity index (χ1v) is 6.34. The van der Waals surface area contributed by atoms with Crippen LogP contribution in [0.1, 0.15) is 5.56 Å². The van der Waals surface area contributed by atoms with Gasteiger partial charge in [-0.25, -0.2) is 4.98 Å². The first-order chi connectivity index (χ1) is 10.2. The van der Waals surface area contributed by atoms with Gasteiger partial charge in [0.15, 0.2) is 0 Å². The van der Waals surface area contributed by atoms with Gasteiger partial charge in [-0.2, -0.15) is 4.99 Å². The van der Waals surface area contributed by atoms with E-state index < -0.39 is 0 Å². The number of rotatable bonds is 5. The summed E-state index contributed by atoms with van der Waals surface area (Å²) in [5.74, 6) is 0.423. The SMILES string of the molecule is NC(/C=C\Nc1cnccn1)=NC(=O)Cc1ccccc1. The molecule has 106 valence electrons. The molecule has 0 saturated heterocycles. The van der Waals surface area contributed by atoms with Crippen molar-refractivity contribution in [3.8, 4) is 0 Å². The fraction of sp³-hybridized carbons (Fsp3) is 0.0667. The van der Waals surface area contributed by atoms with Gasteiger partial charge < -0.3 is 11.1 Å². The van der Waals surface area contributed by atoms with Gasteiger partial charge in [-0.05, 0) is 11.6 Å². The smallest absolute Gasteiger partial charge is 0.252 e. The average Bonchev–Trinajstić information content (AvgIpc) is 2.49. The van der Waals surface area contributed by atoms with Gasteiger partial charge in [-0.1, -0.05) is 30.3 Å². The zero-order chi connectivity index (χ0) is 14.9. The van der Waals surface area contributed by atoms with Gasteiger partial charge in [-0.3, -0.25) is 9.78 Å². The summed E-state index contributed by atoms with van der Waals surface area (Å²) in [7, 11) is 0. The lowest BCUT2D eigenvalue weighted by molar-refractivity contribution is -0.117. The number of aromatic nitrogens is 2. The van der Waals surface area contributed by atoms with Crippen LogP contribution in [0.2, 0.25) is 0 Å². The number of nitrogens with one attached hydrogen (secondary N) is 1. The van der Waals surface area contributed by atoms with Crippen molar-refractivity contribution in [2.24, 2.45) is 10.7 Å². The number of amides is 1. The summed E-state index contributed by atoms with van der Waals surface area (Å²) in [5, 5.41) is 2.87. The molecule has 1 amide bonds. The molecule has 0 radical (unpaired) electrons. The van der Waals surface area contributed by atoms with E-state index in [1.165, 1.54) is 6.08 Å². The number of hydrogen-bond donors (Lipinski definition) is 2. The third-order valence-electron chi connectivity index (χ3n) is 2.50. The Morgan fingerprint density at radius 1 is 1.29 bits per heavy atom. The Bertz CT molecular complexity index is 638. The van der Waals surface area contributed by atoms with E-state index in [4.69, 9.17) is 5.73 Å². The predicted molar refractivity (Wildman–Crippen MR) is 81.6 cm³/mol. The summed E-state index contributed by atoms with van der Waals surface area (Å²) in [6.07, 6.45) is 7.99. The number of carbonyl (C=O) groups is 1. The number of anilines is 1. The summed E-state index contributed by atoms with van der Waals surface area (Å²) in [4.78, 5) is 23.4. The lowest BCUT2D eigenvalue weighted by atomic mass is 10.1. The molecule has 1 aromatic heterocycles. The van der Waals surface area contributed by atoms with E-state index in [0.29, 0.717) is 5.82 Å². The monoisotopic (exact) mass is 281 g/mol. The molecule has 3 N–H and O–H groups in total. The highest BCUT2D eigenvalue weighted by atomic mass is 16.1. The van der Waals surface area contributed by atoms with Crippen molar-refractivity contribution < 1.29 is 4.79 Å². The Morgan fingerprint density at radius 3 is 2.81 bits per heavy atom. The number of carbonyl (C=O) groups excluding carboxylic acids is 1. The van der Waals surface area contributed by atoms with Crippen molar-refractivity contribution in [3.63, 3.8) is 0 Å². The number of aliphatic imine (C=N–C) groups is 1. The molecule has 0 spiro atoms. The third-order valence-corrected chi connectivity index (χ3v) is 2.50. The molecule has 0 saturated carbocycles. The van der Waals surface area contributed by atoms with Crippen LogP contribution in [-0.2, 0) is 11.2 Å². The van der Waals surface area contributed by atoms with E-state index in [0.717, 1.165) is 5.56 Å². The quantitative estimate of drug-likeness (QED) is 0.640. The number of hydrogen-bond acceptors (Lipinski definition) is 4. The van der Waals surface area contributed by atoms with Crippen molar-refractivity contribution in [2.45, 2.75) is 6.42 Å². The maximum Gasteiger partial charge on any atom is 0.252 e. The zero-order valence-electron chi connectivity index (χ0n) is 11.3. The molecular formula is C15H15N5O. The first kappa shape index (κ1) is 14.4. The molecule has 0 bridgehead atoms. The second kappa shape index (κ2) is 7.54. The summed E-state index contributed by atoms with van der Waals surface area (Å²) in [6.45, 7) is 0. The average molecular weight is 281 g/mol. The number of nitrogens with zero attached hydrogens (tertiary/aromatic N) is 3. The Labute approximate surface area is 122 Å². The molecule has 2 rings (SSSR count). The summed E-state index contributed by atoms with van der Waals surface area (Å²) >= 11 is 0. The Morgan fingerprint density at radius 2 is 2.10 bits per heavy atom. The maximum absolute atomic E-state index is 11.7. The molecule has 1 heterocycles. The van der Waals surface area contributed by atoms with E-state index in [1.54, 1.807) is 24.8 Å². The van der Waals surface area contributed by atoms with Gasteiger partial charge in [0.05, 0.1) is 12.6 Å². The predicted octanol–water partition coefficient (Wildman–Crippen LogP) is 1.53. The van der Waals surface area contributed by atoms with E-state index in [2.05, 4.69) is 20.3 Å². The molecule has 1 aromatic carbocycles. The van der Waals surface area contributed by atoms with Crippen LogP contribution < -0.4 is 11.1 Å². The molecule has 0 atom stereocenters. The highest BCUT2D eigenvalue weighted by molar-refractivity contribution is 6.00. The maximum atomic E-state index is 11.7. The largest absolute Gasteiger partial charge is 0.384 e. The van der Waals surface area contributed by atoms with E-state index in [1.807, 2.05) is 30.3 Å². The molecule has 6 heteroatoms. The second-order valence-corrected chi connectivity index (χ2v) is 4.16. The number of benzene rings is 1. The molecule has 0 aliphatic rings. The highest BCUT2D eigenvalue weighted by Gasteiger charge is 2.01. The van der Waals surface area contributed by atoms with Gasteiger partial charge in [0, 0.05) is 18.6 Å². The van der Waals surface area contributed by atoms with E-state index >= 15 is 0 Å². The minimum atomic E-state index is -0.289. The lowest BCUT2D eigenvalue weighted by Crippen LogP contribution is -2.13. The number of amidine groups is 1. The molecule has 21 heavy (non-hydrogen) atoms. The van der Waals surface area contributed by atoms with Crippen molar-refractivity contribution in [3.05, 3.63) is 66.8 Å². The normalized spacial score (nSPS) is 11.5. The van der Waals surface area contributed by atoms with Crippen LogP contribution in [0.15, 0.2) is 66.2 Å². The fourth-order valence-electron chi connectivity index (χ4n) is 1.58. The molecular weight excluding hydrogens is 266 g/mol. The molecule has 0 aliphatic heterocycles. The summed E-state index contributed by atoms with van der Waals surface area (Å²) < 4.78 is 0. The second-order valence-electron chi connectivity index (χ2n) is 4.16. The fourth-order valence-corrected chi connectivity index (χ4v) is 1.58. The number of nitrogens with two attached hydrogens (primary N) is 1. The Balaban J connectivity index is 1.87. The standard InChI is InChI=1S/C15H15N5O/c16-13(6-7-18-14-11-17-8-9-19-14)20-15(21)10-12-4-2-1-3-5-12/h1-9,11H,10H2,(H,18,19)(H2,16,20,21)/b7-6-. The van der Waals surface area contributed by atoms with Crippen molar-refractivity contribution >= 4 is 17.6 Å². The topological polar surface area (TPSA) is 93.3 Å². The summed E-state index contributed by atoms with van der Waals surface area (Å²) in [5.41, 5.74) is 6.56. The van der Waals surface area contributed by atoms with E-state index in [9.17, 15) is 4.79 Å². The lowest BCUT2D eigenvalue weighted by Gasteiger charge is -1.98. The van der Waals surface area contributed by atoms with Gasteiger partial charge in [0.25, 0.3) is 5.91 Å².